The van der Waals surface area contributed by atoms with Crippen molar-refractivity contribution in [1.29, 1.82) is 0 Å². The first-order valence-corrected chi connectivity index (χ1v) is 14.5. The molecule has 0 radical (unpaired) electrons. The Morgan fingerprint density at radius 2 is 1.70 bits per heavy atom. The largest absolute Gasteiger partial charge is 0.493 e. The lowest BCUT2D eigenvalue weighted by atomic mass is 10.1. The molecule has 8 nitrogen and oxygen atoms in total. The van der Waals surface area contributed by atoms with Gasteiger partial charge < -0.3 is 23.2 Å². The van der Waals surface area contributed by atoms with E-state index in [9.17, 15) is 4.79 Å². The second-order valence-electron chi connectivity index (χ2n) is 10.0. The van der Waals surface area contributed by atoms with Gasteiger partial charge in [-0.15, -0.1) is 0 Å². The molecule has 1 amide bonds. The number of amides is 1. The van der Waals surface area contributed by atoms with Crippen LogP contribution in [0.3, 0.4) is 0 Å². The normalized spacial score (nSPS) is 11.1. The van der Waals surface area contributed by atoms with Crippen molar-refractivity contribution in [3.63, 3.8) is 0 Å². The highest BCUT2D eigenvalue weighted by Crippen LogP contribution is 2.34. The van der Waals surface area contributed by atoms with Crippen molar-refractivity contribution in [3.8, 4) is 22.9 Å². The highest BCUT2D eigenvalue weighted by atomic mass is 79.9. The van der Waals surface area contributed by atoms with Crippen LogP contribution in [0.5, 0.6) is 17.2 Å². The summed E-state index contributed by atoms with van der Waals surface area (Å²) in [5.74, 6) is 1.88. The minimum Gasteiger partial charge on any atom is -0.493 e. The first-order chi connectivity index (χ1) is 20.8. The minimum absolute atomic E-state index is 0.118. The molecule has 0 saturated heterocycles. The lowest BCUT2D eigenvalue weighted by molar-refractivity contribution is 0.0923. The molecule has 0 aliphatic heterocycles. The van der Waals surface area contributed by atoms with Crippen molar-refractivity contribution in [2.24, 2.45) is 5.10 Å². The molecule has 0 unspecified atom stereocenters. The number of hydrogen-bond donors (Lipinski definition) is 1. The van der Waals surface area contributed by atoms with Gasteiger partial charge in [0.25, 0.3) is 0 Å². The zero-order chi connectivity index (χ0) is 30.3. The molecule has 220 valence electrons. The molecule has 0 aliphatic rings. The van der Waals surface area contributed by atoms with Crippen molar-refractivity contribution in [1.82, 2.24) is 9.99 Å². The van der Waals surface area contributed by atoms with Gasteiger partial charge in [-0.1, -0.05) is 45.8 Å². The van der Waals surface area contributed by atoms with Crippen LogP contribution in [-0.2, 0) is 13.2 Å². The molecule has 0 bridgehead atoms. The number of methoxy groups -OCH3 is 1. The average Bonchev–Trinajstić information content (AvgIpc) is 3.61. The third-order valence-electron chi connectivity index (χ3n) is 6.74. The quantitative estimate of drug-likeness (QED) is 0.118. The fraction of sp³-hybridized carbons (Fsp3) is 0.176. The van der Waals surface area contributed by atoms with Gasteiger partial charge in [0.15, 0.2) is 17.3 Å². The van der Waals surface area contributed by atoms with Crippen LogP contribution in [0.1, 0.15) is 44.4 Å². The minimum atomic E-state index is -0.492. The van der Waals surface area contributed by atoms with Crippen LogP contribution in [0.4, 0.5) is 0 Å². The standard InChI is InChI=1S/C34H32BrN3O5/c1-22-6-5-7-25(16-22)20-42-33-26(17-27(35)18-32(33)40-4)19-36-37-34(39)31-15-14-30(43-31)21-41-29-12-10-28(11-13-29)38-23(2)8-9-24(38)3/h5-19H,20-21H2,1-4H3,(H,37,39). The Morgan fingerprint density at radius 1 is 0.930 bits per heavy atom. The molecule has 2 aromatic heterocycles. The van der Waals surface area contributed by atoms with Crippen LogP contribution in [0.2, 0.25) is 0 Å². The number of carbonyl (C=O) groups excluding carboxylic acids is 1. The topological polar surface area (TPSA) is 87.2 Å². The Morgan fingerprint density at radius 3 is 2.42 bits per heavy atom. The van der Waals surface area contributed by atoms with Gasteiger partial charge in [-0.25, -0.2) is 5.43 Å². The molecule has 0 fully saturated rings. The van der Waals surface area contributed by atoms with Crippen molar-refractivity contribution in [3.05, 3.63) is 129 Å². The third-order valence-corrected chi connectivity index (χ3v) is 7.19. The molecule has 0 aliphatic carbocycles. The second-order valence-corrected chi connectivity index (χ2v) is 10.9. The maximum atomic E-state index is 12.7. The molecule has 3 aromatic carbocycles. The van der Waals surface area contributed by atoms with Crippen molar-refractivity contribution in [2.45, 2.75) is 34.0 Å². The molecule has 0 saturated carbocycles. The fourth-order valence-corrected chi connectivity index (χ4v) is 5.12. The molecule has 0 atom stereocenters. The Kier molecular flexibility index (Phi) is 9.32. The number of halogens is 1. The number of nitrogens with one attached hydrogen (secondary N) is 1. The van der Waals surface area contributed by atoms with Gasteiger partial charge in [0.2, 0.25) is 0 Å². The van der Waals surface area contributed by atoms with E-state index >= 15 is 0 Å². The number of aromatic nitrogens is 1. The van der Waals surface area contributed by atoms with E-state index in [1.54, 1.807) is 19.2 Å². The van der Waals surface area contributed by atoms with Gasteiger partial charge >= 0.3 is 5.91 Å². The zero-order valence-electron chi connectivity index (χ0n) is 24.4. The summed E-state index contributed by atoms with van der Waals surface area (Å²) in [7, 11) is 1.57. The maximum absolute atomic E-state index is 12.7. The van der Waals surface area contributed by atoms with Gasteiger partial charge in [0.05, 0.1) is 13.3 Å². The summed E-state index contributed by atoms with van der Waals surface area (Å²) < 4.78 is 26.2. The summed E-state index contributed by atoms with van der Waals surface area (Å²) in [5.41, 5.74) is 8.71. The maximum Gasteiger partial charge on any atom is 0.307 e. The highest BCUT2D eigenvalue weighted by Gasteiger charge is 2.14. The van der Waals surface area contributed by atoms with Gasteiger partial charge in [-0.3, -0.25) is 4.79 Å². The lowest BCUT2D eigenvalue weighted by Crippen LogP contribution is -2.17. The predicted octanol–water partition coefficient (Wildman–Crippen LogP) is 7.69. The van der Waals surface area contributed by atoms with Gasteiger partial charge in [0.1, 0.15) is 24.7 Å². The van der Waals surface area contributed by atoms with Crippen molar-refractivity contribution < 1.29 is 23.4 Å². The molecule has 43 heavy (non-hydrogen) atoms. The van der Waals surface area contributed by atoms with Crippen LogP contribution >= 0.6 is 15.9 Å². The van der Waals surface area contributed by atoms with E-state index in [2.05, 4.69) is 63.1 Å². The van der Waals surface area contributed by atoms with Crippen LogP contribution in [0, 0.1) is 20.8 Å². The number of hydrazone groups is 1. The first kappa shape index (κ1) is 29.7. The number of rotatable bonds is 11. The van der Waals surface area contributed by atoms with Crippen LogP contribution in [-0.4, -0.2) is 23.8 Å². The van der Waals surface area contributed by atoms with E-state index in [0.29, 0.717) is 35.2 Å². The van der Waals surface area contributed by atoms with E-state index in [-0.39, 0.29) is 12.4 Å². The molecule has 5 rings (SSSR count). The zero-order valence-corrected chi connectivity index (χ0v) is 26.0. The summed E-state index contributed by atoms with van der Waals surface area (Å²) in [6.45, 7) is 6.71. The summed E-state index contributed by atoms with van der Waals surface area (Å²) >= 11 is 3.49. The Balaban J connectivity index is 1.19. The summed E-state index contributed by atoms with van der Waals surface area (Å²) in [6, 6.07) is 27.0. The summed E-state index contributed by atoms with van der Waals surface area (Å²) in [5, 5.41) is 4.13. The molecular formula is C34H32BrN3O5. The smallest absolute Gasteiger partial charge is 0.307 e. The molecule has 1 N–H and O–H groups in total. The number of furan rings is 1. The van der Waals surface area contributed by atoms with Crippen LogP contribution in [0.25, 0.3) is 5.69 Å². The molecule has 0 spiro atoms. The van der Waals surface area contributed by atoms with E-state index in [1.165, 1.54) is 17.6 Å². The molecule has 9 heteroatoms. The van der Waals surface area contributed by atoms with Crippen LogP contribution in [0.15, 0.2) is 98.9 Å². The number of aryl methyl sites for hydroxylation is 3. The van der Waals surface area contributed by atoms with E-state index in [4.69, 9.17) is 18.6 Å². The summed E-state index contributed by atoms with van der Waals surface area (Å²) in [6.07, 6.45) is 1.50. The van der Waals surface area contributed by atoms with E-state index < -0.39 is 5.91 Å². The number of ether oxygens (including phenoxy) is 3. The van der Waals surface area contributed by atoms with Gasteiger partial charge in [-0.2, -0.15) is 5.10 Å². The Labute approximate surface area is 259 Å². The first-order valence-electron chi connectivity index (χ1n) is 13.7. The SMILES string of the molecule is COc1cc(Br)cc(C=NNC(=O)c2ccc(COc3ccc(-n4c(C)ccc4C)cc3)o2)c1OCc1cccc(C)c1. The highest BCUT2D eigenvalue weighted by molar-refractivity contribution is 9.10. The molecule has 5 aromatic rings. The Bertz CT molecular complexity index is 1730. The van der Waals surface area contributed by atoms with E-state index in [1.807, 2.05) is 61.5 Å². The number of nitrogens with zero attached hydrogens (tertiary/aromatic N) is 2. The third kappa shape index (κ3) is 7.37. The Hall–Kier alpha value is -4.76. The fourth-order valence-electron chi connectivity index (χ4n) is 4.66. The van der Waals surface area contributed by atoms with Crippen molar-refractivity contribution >= 4 is 28.1 Å². The lowest BCUT2D eigenvalue weighted by Gasteiger charge is -2.14. The molecule has 2 heterocycles. The number of hydrogen-bond acceptors (Lipinski definition) is 6. The summed E-state index contributed by atoms with van der Waals surface area (Å²) in [4.78, 5) is 12.7. The van der Waals surface area contributed by atoms with Gasteiger partial charge in [0, 0.05) is 27.1 Å². The van der Waals surface area contributed by atoms with Gasteiger partial charge in [-0.05, 0) is 87.0 Å². The number of benzene rings is 3. The average molecular weight is 643 g/mol. The van der Waals surface area contributed by atoms with Crippen molar-refractivity contribution in [2.75, 3.05) is 7.11 Å². The molecular weight excluding hydrogens is 610 g/mol. The second kappa shape index (κ2) is 13.5. The number of carbonyl (C=O) groups is 1. The van der Waals surface area contributed by atoms with Crippen LogP contribution < -0.4 is 19.6 Å². The monoisotopic (exact) mass is 641 g/mol. The van der Waals surface area contributed by atoms with E-state index in [0.717, 1.165) is 21.3 Å². The predicted molar refractivity (Wildman–Crippen MR) is 170 cm³/mol.